The van der Waals surface area contributed by atoms with E-state index in [1.54, 1.807) is 6.07 Å². The average molecular weight is 395 g/mol. The average Bonchev–Trinajstić information content (AvgIpc) is 2.86. The van der Waals surface area contributed by atoms with Crippen LogP contribution >= 0.6 is 11.6 Å². The molecule has 0 atom stereocenters. The number of benzene rings is 3. The fraction of sp³-hybridized carbons (Fsp3) is 0.261. The summed E-state index contributed by atoms with van der Waals surface area (Å²) in [4.78, 5) is 16.7. The quantitative estimate of drug-likeness (QED) is 0.711. The maximum absolute atomic E-state index is 12.6. The van der Waals surface area contributed by atoms with Gasteiger partial charge in [0, 0.05) is 49.7 Å². The van der Waals surface area contributed by atoms with Crippen molar-refractivity contribution in [2.24, 2.45) is 0 Å². The van der Waals surface area contributed by atoms with E-state index in [2.05, 4.69) is 11.0 Å². The summed E-state index contributed by atoms with van der Waals surface area (Å²) >= 11 is 6.07. The van der Waals surface area contributed by atoms with Crippen LogP contribution in [0.4, 0.5) is 0 Å². The van der Waals surface area contributed by atoms with Gasteiger partial charge in [-0.2, -0.15) is 0 Å². The van der Waals surface area contributed by atoms with Crippen molar-refractivity contribution in [1.29, 1.82) is 0 Å². The number of hydrogen-bond donors (Lipinski definition) is 1. The Balaban J connectivity index is 1.48. The van der Waals surface area contributed by atoms with E-state index < -0.39 is 0 Å². The molecule has 1 fully saturated rings. The number of carbonyl (C=O) groups excluding carboxylic acids is 1. The SMILES string of the molecule is O=C1CCN(Cc2c(O)ccc3ccccc23)CCN1Cc1cccc(Cl)c1. The van der Waals surface area contributed by atoms with Gasteiger partial charge in [-0.15, -0.1) is 0 Å². The van der Waals surface area contributed by atoms with Gasteiger partial charge in [-0.05, 0) is 34.5 Å². The molecule has 0 spiro atoms. The molecule has 5 heteroatoms. The molecule has 0 saturated carbocycles. The lowest BCUT2D eigenvalue weighted by atomic mass is 10.0. The van der Waals surface area contributed by atoms with Crippen molar-refractivity contribution in [2.75, 3.05) is 19.6 Å². The van der Waals surface area contributed by atoms with Gasteiger partial charge in [0.1, 0.15) is 5.75 Å². The smallest absolute Gasteiger partial charge is 0.224 e. The van der Waals surface area contributed by atoms with Crippen LogP contribution < -0.4 is 0 Å². The molecule has 3 aromatic rings. The number of halogens is 1. The molecule has 1 aliphatic heterocycles. The highest BCUT2D eigenvalue weighted by molar-refractivity contribution is 6.30. The molecule has 1 heterocycles. The third-order valence-electron chi connectivity index (χ3n) is 5.34. The summed E-state index contributed by atoms with van der Waals surface area (Å²) in [6, 6.07) is 19.4. The molecule has 0 aromatic heterocycles. The van der Waals surface area contributed by atoms with Crippen molar-refractivity contribution in [1.82, 2.24) is 9.80 Å². The normalized spacial score (nSPS) is 15.8. The lowest BCUT2D eigenvalue weighted by Gasteiger charge is -2.23. The largest absolute Gasteiger partial charge is 0.508 e. The predicted molar refractivity (Wildman–Crippen MR) is 112 cm³/mol. The molecule has 28 heavy (non-hydrogen) atoms. The van der Waals surface area contributed by atoms with Gasteiger partial charge in [0.15, 0.2) is 0 Å². The molecule has 0 aliphatic carbocycles. The standard InChI is InChI=1S/C23H23ClN2O2/c24-19-6-3-4-17(14-19)15-26-13-12-25(11-10-23(26)28)16-21-20-7-2-1-5-18(20)8-9-22(21)27/h1-9,14,27H,10-13,15-16H2. The van der Waals surface area contributed by atoms with E-state index in [1.165, 1.54) is 0 Å². The molecule has 1 amide bonds. The minimum Gasteiger partial charge on any atom is -0.508 e. The van der Waals surface area contributed by atoms with Crippen LogP contribution in [0.2, 0.25) is 5.02 Å². The number of carbonyl (C=O) groups is 1. The first kappa shape index (κ1) is 18.8. The van der Waals surface area contributed by atoms with Crippen LogP contribution in [0.3, 0.4) is 0 Å². The van der Waals surface area contributed by atoms with Crippen LogP contribution in [0, 0.1) is 0 Å². The van der Waals surface area contributed by atoms with Crippen molar-refractivity contribution >= 4 is 28.3 Å². The van der Waals surface area contributed by atoms with Crippen LogP contribution in [0.1, 0.15) is 17.5 Å². The molecule has 3 aromatic carbocycles. The molecular weight excluding hydrogens is 372 g/mol. The maximum Gasteiger partial charge on any atom is 0.224 e. The van der Waals surface area contributed by atoms with E-state index >= 15 is 0 Å². The van der Waals surface area contributed by atoms with Gasteiger partial charge in [-0.25, -0.2) is 0 Å². The predicted octanol–water partition coefficient (Wildman–Crippen LogP) is 4.43. The number of amides is 1. The molecule has 0 unspecified atom stereocenters. The second-order valence-corrected chi connectivity index (χ2v) is 7.69. The molecule has 4 rings (SSSR count). The number of aromatic hydroxyl groups is 1. The zero-order valence-electron chi connectivity index (χ0n) is 15.6. The van der Waals surface area contributed by atoms with E-state index in [1.807, 2.05) is 53.4 Å². The summed E-state index contributed by atoms with van der Waals surface area (Å²) in [7, 11) is 0. The van der Waals surface area contributed by atoms with Crippen molar-refractivity contribution < 1.29 is 9.90 Å². The minimum absolute atomic E-state index is 0.157. The van der Waals surface area contributed by atoms with Crippen LogP contribution in [0.25, 0.3) is 10.8 Å². The summed E-state index contributed by atoms with van der Waals surface area (Å²) in [5.74, 6) is 0.467. The first-order valence-electron chi connectivity index (χ1n) is 9.54. The second kappa shape index (κ2) is 8.21. The Morgan fingerprint density at radius 3 is 2.64 bits per heavy atom. The fourth-order valence-electron chi connectivity index (χ4n) is 3.81. The molecule has 144 valence electrons. The summed E-state index contributed by atoms with van der Waals surface area (Å²) in [6.07, 6.45) is 0.478. The third kappa shape index (κ3) is 4.13. The number of phenols is 1. The molecule has 0 radical (unpaired) electrons. The zero-order valence-corrected chi connectivity index (χ0v) is 16.4. The van der Waals surface area contributed by atoms with Gasteiger partial charge in [0.25, 0.3) is 0 Å². The zero-order chi connectivity index (χ0) is 19.5. The van der Waals surface area contributed by atoms with Gasteiger partial charge in [0.05, 0.1) is 0 Å². The lowest BCUT2D eigenvalue weighted by Crippen LogP contribution is -2.32. The van der Waals surface area contributed by atoms with Crippen molar-refractivity contribution in [2.45, 2.75) is 19.5 Å². The van der Waals surface area contributed by atoms with Crippen LogP contribution in [-0.2, 0) is 17.9 Å². The number of nitrogens with zero attached hydrogens (tertiary/aromatic N) is 2. The Kier molecular flexibility index (Phi) is 5.51. The Hall–Kier alpha value is -2.56. The minimum atomic E-state index is 0.157. The number of hydrogen-bond acceptors (Lipinski definition) is 3. The molecule has 1 aliphatic rings. The van der Waals surface area contributed by atoms with Crippen LogP contribution in [-0.4, -0.2) is 40.4 Å². The van der Waals surface area contributed by atoms with E-state index in [0.717, 1.165) is 28.4 Å². The number of fused-ring (bicyclic) bond motifs is 1. The van der Waals surface area contributed by atoms with Crippen molar-refractivity contribution in [3.63, 3.8) is 0 Å². The van der Waals surface area contributed by atoms with Gasteiger partial charge in [-0.3, -0.25) is 9.69 Å². The lowest BCUT2D eigenvalue weighted by molar-refractivity contribution is -0.130. The number of rotatable bonds is 4. The van der Waals surface area contributed by atoms with E-state index in [0.29, 0.717) is 43.4 Å². The summed E-state index contributed by atoms with van der Waals surface area (Å²) in [5, 5.41) is 13.3. The van der Waals surface area contributed by atoms with Crippen LogP contribution in [0.5, 0.6) is 5.75 Å². The van der Waals surface area contributed by atoms with Gasteiger partial charge >= 0.3 is 0 Å². The number of phenolic OH excluding ortho intramolecular Hbond substituents is 1. The molecule has 1 N–H and O–H groups in total. The molecular formula is C23H23ClN2O2. The summed E-state index contributed by atoms with van der Waals surface area (Å²) in [6.45, 7) is 3.33. The molecule has 0 bridgehead atoms. The van der Waals surface area contributed by atoms with Gasteiger partial charge in [0.2, 0.25) is 5.91 Å². The van der Waals surface area contributed by atoms with Gasteiger partial charge < -0.3 is 10.0 Å². The topological polar surface area (TPSA) is 43.8 Å². The first-order chi connectivity index (χ1) is 13.6. The second-order valence-electron chi connectivity index (χ2n) is 7.26. The first-order valence-corrected chi connectivity index (χ1v) is 9.92. The van der Waals surface area contributed by atoms with Crippen LogP contribution in [0.15, 0.2) is 60.7 Å². The Morgan fingerprint density at radius 1 is 0.929 bits per heavy atom. The monoisotopic (exact) mass is 394 g/mol. The Labute approximate surface area is 169 Å². The summed E-state index contributed by atoms with van der Waals surface area (Å²) in [5.41, 5.74) is 1.97. The Bertz CT molecular complexity index is 1000. The third-order valence-corrected chi connectivity index (χ3v) is 5.58. The molecule has 4 nitrogen and oxygen atoms in total. The highest BCUT2D eigenvalue weighted by Gasteiger charge is 2.22. The van der Waals surface area contributed by atoms with Crippen molar-refractivity contribution in [3.05, 3.63) is 76.8 Å². The van der Waals surface area contributed by atoms with Gasteiger partial charge in [-0.1, -0.05) is 54.1 Å². The summed E-state index contributed by atoms with van der Waals surface area (Å²) < 4.78 is 0. The van der Waals surface area contributed by atoms with Crippen molar-refractivity contribution in [3.8, 4) is 5.75 Å². The highest BCUT2D eigenvalue weighted by atomic mass is 35.5. The fourth-order valence-corrected chi connectivity index (χ4v) is 4.02. The molecule has 1 saturated heterocycles. The highest BCUT2D eigenvalue weighted by Crippen LogP contribution is 2.28. The van der Waals surface area contributed by atoms with E-state index in [4.69, 9.17) is 11.6 Å². The maximum atomic E-state index is 12.6. The van der Waals surface area contributed by atoms with E-state index in [9.17, 15) is 9.90 Å². The van der Waals surface area contributed by atoms with E-state index in [-0.39, 0.29) is 5.91 Å². The Morgan fingerprint density at radius 2 is 1.79 bits per heavy atom.